The Kier molecular flexibility index (Phi) is 3.47. The zero-order valence-corrected chi connectivity index (χ0v) is 12.8. The number of amides is 1. The van der Waals surface area contributed by atoms with E-state index in [-0.39, 0.29) is 11.7 Å². The number of carbonyl (C=O) groups is 1. The van der Waals surface area contributed by atoms with Crippen molar-refractivity contribution in [1.82, 2.24) is 4.90 Å². The highest BCUT2D eigenvalue weighted by Crippen LogP contribution is 2.33. The molecule has 120 valence electrons. The maximum absolute atomic E-state index is 12.8. The molecular weight excluding hydrogens is 294 g/mol. The third-order valence-electron chi connectivity index (χ3n) is 4.72. The molecule has 23 heavy (non-hydrogen) atoms. The Morgan fingerprint density at radius 1 is 1.04 bits per heavy atom. The summed E-state index contributed by atoms with van der Waals surface area (Å²) in [5, 5.41) is 12.1. The van der Waals surface area contributed by atoms with Crippen molar-refractivity contribution in [3.8, 4) is 5.75 Å². The van der Waals surface area contributed by atoms with Crippen LogP contribution in [-0.2, 0) is 9.47 Å². The highest BCUT2D eigenvalue weighted by molar-refractivity contribution is 6.01. The number of rotatable bonds is 1. The second-order valence-electron chi connectivity index (χ2n) is 6.12. The highest BCUT2D eigenvalue weighted by Gasteiger charge is 2.41. The molecule has 0 aromatic heterocycles. The van der Waals surface area contributed by atoms with E-state index in [4.69, 9.17) is 9.47 Å². The Hall–Kier alpha value is -2.11. The molecule has 0 unspecified atom stereocenters. The van der Waals surface area contributed by atoms with Gasteiger partial charge in [-0.2, -0.15) is 0 Å². The van der Waals surface area contributed by atoms with Crippen LogP contribution in [0.3, 0.4) is 0 Å². The molecular formula is C18H19NO4. The van der Waals surface area contributed by atoms with Crippen molar-refractivity contribution in [2.75, 3.05) is 26.3 Å². The number of aromatic hydroxyl groups is 1. The van der Waals surface area contributed by atoms with Crippen molar-refractivity contribution in [3.05, 3.63) is 42.0 Å². The van der Waals surface area contributed by atoms with Gasteiger partial charge in [-0.05, 0) is 22.9 Å². The fourth-order valence-electron chi connectivity index (χ4n) is 3.41. The molecule has 0 saturated carbocycles. The summed E-state index contributed by atoms with van der Waals surface area (Å²) in [6.45, 7) is 2.40. The van der Waals surface area contributed by atoms with Gasteiger partial charge in [0, 0.05) is 25.9 Å². The number of ether oxygens (including phenoxy) is 2. The number of benzene rings is 2. The fourth-order valence-corrected chi connectivity index (χ4v) is 3.41. The van der Waals surface area contributed by atoms with Crippen molar-refractivity contribution >= 4 is 16.7 Å². The molecule has 2 heterocycles. The third-order valence-corrected chi connectivity index (χ3v) is 4.72. The number of hydrogen-bond donors (Lipinski definition) is 1. The zero-order valence-electron chi connectivity index (χ0n) is 12.8. The lowest BCUT2D eigenvalue weighted by molar-refractivity contribution is -0.181. The van der Waals surface area contributed by atoms with E-state index in [1.807, 2.05) is 24.3 Å². The van der Waals surface area contributed by atoms with E-state index in [0.717, 1.165) is 10.8 Å². The molecule has 2 aromatic carbocycles. The summed E-state index contributed by atoms with van der Waals surface area (Å²) in [6.07, 6.45) is 1.35. The zero-order chi connectivity index (χ0) is 15.9. The molecule has 1 spiro atoms. The number of fused-ring (bicyclic) bond motifs is 1. The normalized spacial score (nSPS) is 20.3. The van der Waals surface area contributed by atoms with Crippen molar-refractivity contribution in [3.63, 3.8) is 0 Å². The minimum atomic E-state index is -0.498. The van der Waals surface area contributed by atoms with Gasteiger partial charge in [0.1, 0.15) is 5.75 Å². The molecule has 0 atom stereocenters. The van der Waals surface area contributed by atoms with Gasteiger partial charge >= 0.3 is 0 Å². The smallest absolute Gasteiger partial charge is 0.257 e. The molecule has 2 saturated heterocycles. The topological polar surface area (TPSA) is 59.0 Å². The van der Waals surface area contributed by atoms with Gasteiger partial charge in [0.2, 0.25) is 0 Å². The maximum Gasteiger partial charge on any atom is 0.257 e. The first-order valence-electron chi connectivity index (χ1n) is 7.96. The van der Waals surface area contributed by atoms with Crippen LogP contribution in [0.2, 0.25) is 0 Å². The number of piperidine rings is 1. The quantitative estimate of drug-likeness (QED) is 0.879. The molecule has 4 rings (SSSR count). The van der Waals surface area contributed by atoms with E-state index in [2.05, 4.69) is 0 Å². The van der Waals surface area contributed by atoms with E-state index < -0.39 is 5.79 Å². The van der Waals surface area contributed by atoms with Crippen LogP contribution in [0.15, 0.2) is 36.4 Å². The first-order valence-corrected chi connectivity index (χ1v) is 7.96. The van der Waals surface area contributed by atoms with Gasteiger partial charge in [-0.3, -0.25) is 4.79 Å². The van der Waals surface area contributed by atoms with E-state index in [1.165, 1.54) is 0 Å². The minimum absolute atomic E-state index is 0.0300. The lowest BCUT2D eigenvalue weighted by Gasteiger charge is -2.37. The van der Waals surface area contributed by atoms with Gasteiger partial charge < -0.3 is 19.5 Å². The van der Waals surface area contributed by atoms with Crippen LogP contribution in [0, 0.1) is 0 Å². The Morgan fingerprint density at radius 3 is 2.30 bits per heavy atom. The van der Waals surface area contributed by atoms with Gasteiger partial charge in [-0.1, -0.05) is 24.3 Å². The lowest BCUT2D eigenvalue weighted by Crippen LogP contribution is -2.47. The van der Waals surface area contributed by atoms with Crippen LogP contribution in [0.25, 0.3) is 10.8 Å². The number of carbonyl (C=O) groups excluding carboxylic acids is 1. The fraction of sp³-hybridized carbons (Fsp3) is 0.389. The van der Waals surface area contributed by atoms with Crippen LogP contribution in [0.5, 0.6) is 5.75 Å². The monoisotopic (exact) mass is 313 g/mol. The average molecular weight is 313 g/mol. The summed E-state index contributed by atoms with van der Waals surface area (Å²) >= 11 is 0. The van der Waals surface area contributed by atoms with Gasteiger partial charge in [0.25, 0.3) is 5.91 Å². The van der Waals surface area contributed by atoms with Crippen LogP contribution >= 0.6 is 0 Å². The van der Waals surface area contributed by atoms with E-state index >= 15 is 0 Å². The van der Waals surface area contributed by atoms with Gasteiger partial charge in [0.05, 0.1) is 18.8 Å². The molecule has 0 radical (unpaired) electrons. The molecule has 1 N–H and O–H groups in total. The molecule has 5 heteroatoms. The molecule has 5 nitrogen and oxygen atoms in total. The second-order valence-corrected chi connectivity index (χ2v) is 6.12. The van der Waals surface area contributed by atoms with Crippen molar-refractivity contribution in [1.29, 1.82) is 0 Å². The van der Waals surface area contributed by atoms with E-state index in [0.29, 0.717) is 44.7 Å². The van der Waals surface area contributed by atoms with Gasteiger partial charge in [-0.15, -0.1) is 0 Å². The predicted molar refractivity (Wildman–Crippen MR) is 85.4 cm³/mol. The number of hydrogen-bond acceptors (Lipinski definition) is 4. The molecule has 2 aliphatic rings. The Morgan fingerprint density at radius 2 is 1.65 bits per heavy atom. The molecule has 1 amide bonds. The first kappa shape index (κ1) is 14.5. The van der Waals surface area contributed by atoms with Gasteiger partial charge in [0.15, 0.2) is 5.79 Å². The SMILES string of the molecule is O=C(c1cc2ccccc2cc1O)N1CCC2(CC1)OCCO2. The van der Waals surface area contributed by atoms with Crippen LogP contribution < -0.4 is 0 Å². The summed E-state index contributed by atoms with van der Waals surface area (Å²) in [5.41, 5.74) is 0.355. The maximum atomic E-state index is 12.8. The van der Waals surface area contributed by atoms with Crippen LogP contribution in [0.1, 0.15) is 23.2 Å². The molecule has 2 fully saturated rings. The number of likely N-dealkylation sites (tertiary alicyclic amines) is 1. The minimum Gasteiger partial charge on any atom is -0.507 e. The molecule has 2 aliphatic heterocycles. The first-order chi connectivity index (χ1) is 11.2. The average Bonchev–Trinajstić information content (AvgIpc) is 3.02. The summed E-state index contributed by atoms with van der Waals surface area (Å²) in [6, 6.07) is 11.1. The predicted octanol–water partition coefficient (Wildman–Crippen LogP) is 2.52. The van der Waals surface area contributed by atoms with E-state index in [1.54, 1.807) is 17.0 Å². The third kappa shape index (κ3) is 2.56. The largest absolute Gasteiger partial charge is 0.507 e. The molecule has 0 aliphatic carbocycles. The van der Waals surface area contributed by atoms with Crippen LogP contribution in [-0.4, -0.2) is 48.0 Å². The van der Waals surface area contributed by atoms with Crippen molar-refractivity contribution < 1.29 is 19.4 Å². The lowest BCUT2D eigenvalue weighted by atomic mass is 10.0. The number of phenolic OH excluding ortho intramolecular Hbond substituents is 1. The van der Waals surface area contributed by atoms with Gasteiger partial charge in [-0.25, -0.2) is 0 Å². The van der Waals surface area contributed by atoms with Crippen LogP contribution in [0.4, 0.5) is 0 Å². The van der Waals surface area contributed by atoms with Crippen molar-refractivity contribution in [2.45, 2.75) is 18.6 Å². The number of nitrogens with zero attached hydrogens (tertiary/aromatic N) is 1. The summed E-state index contributed by atoms with van der Waals surface area (Å²) < 4.78 is 11.4. The highest BCUT2D eigenvalue weighted by atomic mass is 16.7. The standard InChI is InChI=1S/C18H19NO4/c20-16-12-14-4-2-1-3-13(14)11-15(16)17(21)19-7-5-18(6-8-19)22-9-10-23-18/h1-4,11-12,20H,5-10H2. The summed E-state index contributed by atoms with van der Waals surface area (Å²) in [5.74, 6) is -0.606. The van der Waals surface area contributed by atoms with E-state index in [9.17, 15) is 9.90 Å². The molecule has 2 aromatic rings. The Bertz CT molecular complexity index is 742. The number of phenols is 1. The summed E-state index contributed by atoms with van der Waals surface area (Å²) in [7, 11) is 0. The molecule has 0 bridgehead atoms. The Labute approximate surface area is 134 Å². The van der Waals surface area contributed by atoms with Crippen molar-refractivity contribution in [2.24, 2.45) is 0 Å². The Balaban J connectivity index is 1.56. The second kappa shape index (κ2) is 5.51. The summed E-state index contributed by atoms with van der Waals surface area (Å²) in [4.78, 5) is 14.5.